The number of aliphatic imine (C=N–C) groups is 1. The average Bonchev–Trinajstić information content (AvgIpc) is 3.26. The normalized spacial score (nSPS) is 14.7. The van der Waals surface area contributed by atoms with Crippen LogP contribution >= 0.6 is 0 Å². The third-order valence-electron chi connectivity index (χ3n) is 5.67. The van der Waals surface area contributed by atoms with Crippen molar-refractivity contribution in [3.05, 3.63) is 83.9 Å². The van der Waals surface area contributed by atoms with Crippen LogP contribution in [0.3, 0.4) is 0 Å². The van der Waals surface area contributed by atoms with Crippen LogP contribution in [-0.2, 0) is 13.0 Å². The lowest BCUT2D eigenvalue weighted by molar-refractivity contribution is 0.370. The van der Waals surface area contributed by atoms with E-state index in [9.17, 15) is 8.78 Å². The summed E-state index contributed by atoms with van der Waals surface area (Å²) < 4.78 is 29.8. The minimum Gasteiger partial charge on any atom is -0.366 e. The molecule has 0 bridgehead atoms. The van der Waals surface area contributed by atoms with Gasteiger partial charge in [0.25, 0.3) is 0 Å². The van der Waals surface area contributed by atoms with Crippen LogP contribution < -0.4 is 10.2 Å². The Hall–Kier alpha value is -3.42. The van der Waals surface area contributed by atoms with E-state index in [2.05, 4.69) is 36.9 Å². The summed E-state index contributed by atoms with van der Waals surface area (Å²) in [7, 11) is 1.76. The van der Waals surface area contributed by atoms with Crippen LogP contribution in [0, 0.1) is 11.6 Å². The van der Waals surface area contributed by atoms with E-state index in [1.54, 1.807) is 7.05 Å². The summed E-state index contributed by atoms with van der Waals surface area (Å²) in [5.74, 6) is 1.01. The summed E-state index contributed by atoms with van der Waals surface area (Å²) in [6.45, 7) is 4.06. The number of nitrogens with zero attached hydrogens (tertiary/aromatic N) is 5. The summed E-state index contributed by atoms with van der Waals surface area (Å²) >= 11 is 0. The van der Waals surface area contributed by atoms with Crippen LogP contribution in [-0.4, -0.2) is 60.2 Å². The third kappa shape index (κ3) is 5.25. The van der Waals surface area contributed by atoms with Gasteiger partial charge < -0.3 is 19.7 Å². The van der Waals surface area contributed by atoms with Crippen molar-refractivity contribution in [2.75, 3.05) is 44.7 Å². The standard InChI is InChI=1S/C24H28F2N6/c1-27-24(31-15-13-30(14-16-31)22-17-20(25)7-8-21(22)26)29-10-9-23-28-11-12-32(23)18-19-5-3-2-4-6-19/h2-8,11-12,17H,9-10,13-16,18H2,1H3,(H,27,29). The molecule has 1 aliphatic heterocycles. The van der Waals surface area contributed by atoms with Gasteiger partial charge in [-0.1, -0.05) is 30.3 Å². The number of hydrogen-bond acceptors (Lipinski definition) is 3. The fourth-order valence-corrected chi connectivity index (χ4v) is 4.00. The minimum atomic E-state index is -0.424. The molecule has 0 unspecified atom stereocenters. The van der Waals surface area contributed by atoms with Crippen molar-refractivity contribution in [3.8, 4) is 0 Å². The van der Waals surface area contributed by atoms with Crippen molar-refractivity contribution in [2.24, 2.45) is 4.99 Å². The van der Waals surface area contributed by atoms with Gasteiger partial charge in [-0.05, 0) is 17.7 Å². The second-order valence-corrected chi connectivity index (χ2v) is 7.75. The van der Waals surface area contributed by atoms with E-state index < -0.39 is 11.6 Å². The summed E-state index contributed by atoms with van der Waals surface area (Å²) in [6.07, 6.45) is 4.60. The maximum Gasteiger partial charge on any atom is 0.193 e. The van der Waals surface area contributed by atoms with Gasteiger partial charge in [-0.25, -0.2) is 13.8 Å². The van der Waals surface area contributed by atoms with Crippen molar-refractivity contribution in [1.29, 1.82) is 0 Å². The molecule has 6 nitrogen and oxygen atoms in total. The lowest BCUT2D eigenvalue weighted by Crippen LogP contribution is -2.53. The zero-order valence-corrected chi connectivity index (χ0v) is 18.2. The van der Waals surface area contributed by atoms with Crippen LogP contribution in [0.2, 0.25) is 0 Å². The number of halogens is 2. The second-order valence-electron chi connectivity index (χ2n) is 7.75. The van der Waals surface area contributed by atoms with E-state index in [4.69, 9.17) is 0 Å². The fraction of sp³-hybridized carbons (Fsp3) is 0.333. The molecule has 168 valence electrons. The molecular weight excluding hydrogens is 410 g/mol. The van der Waals surface area contributed by atoms with Gasteiger partial charge in [0.15, 0.2) is 5.96 Å². The van der Waals surface area contributed by atoms with E-state index in [-0.39, 0.29) is 0 Å². The number of aromatic nitrogens is 2. The van der Waals surface area contributed by atoms with Crippen molar-refractivity contribution in [3.63, 3.8) is 0 Å². The highest BCUT2D eigenvalue weighted by atomic mass is 19.1. The molecule has 8 heteroatoms. The van der Waals surface area contributed by atoms with Gasteiger partial charge in [-0.2, -0.15) is 0 Å². The lowest BCUT2D eigenvalue weighted by atomic mass is 10.2. The topological polar surface area (TPSA) is 48.7 Å². The first-order valence-corrected chi connectivity index (χ1v) is 10.8. The summed E-state index contributed by atoms with van der Waals surface area (Å²) in [5, 5.41) is 3.41. The first-order chi connectivity index (χ1) is 15.6. The van der Waals surface area contributed by atoms with Crippen molar-refractivity contribution >= 4 is 11.6 Å². The van der Waals surface area contributed by atoms with Crippen molar-refractivity contribution in [2.45, 2.75) is 13.0 Å². The number of hydrogen-bond donors (Lipinski definition) is 1. The molecule has 0 amide bonds. The zero-order valence-electron chi connectivity index (χ0n) is 18.2. The molecule has 0 spiro atoms. The van der Waals surface area contributed by atoms with Gasteiger partial charge in [-0.15, -0.1) is 0 Å². The predicted molar refractivity (Wildman–Crippen MR) is 123 cm³/mol. The summed E-state index contributed by atoms with van der Waals surface area (Å²) in [4.78, 5) is 12.9. The molecule has 0 saturated carbocycles. The Balaban J connectivity index is 1.28. The summed E-state index contributed by atoms with van der Waals surface area (Å²) in [5.41, 5.74) is 1.56. The molecule has 1 N–H and O–H groups in total. The Morgan fingerprint density at radius 2 is 1.84 bits per heavy atom. The minimum absolute atomic E-state index is 0.317. The van der Waals surface area contributed by atoms with Gasteiger partial charge in [-0.3, -0.25) is 4.99 Å². The molecule has 1 fully saturated rings. The molecule has 0 aliphatic carbocycles. The Morgan fingerprint density at radius 1 is 1.06 bits per heavy atom. The molecular formula is C24H28F2N6. The largest absolute Gasteiger partial charge is 0.366 e. The number of imidazole rings is 1. The van der Waals surface area contributed by atoms with Gasteiger partial charge in [0.1, 0.15) is 17.5 Å². The SMILES string of the molecule is CN=C(NCCc1nccn1Cc1ccccc1)N1CCN(c2cc(F)ccc2F)CC1. The van der Waals surface area contributed by atoms with E-state index in [0.29, 0.717) is 38.4 Å². The zero-order chi connectivity index (χ0) is 22.3. The average molecular weight is 439 g/mol. The highest BCUT2D eigenvalue weighted by Gasteiger charge is 2.22. The van der Waals surface area contributed by atoms with Crippen LogP contribution in [0.5, 0.6) is 0 Å². The molecule has 0 radical (unpaired) electrons. The van der Waals surface area contributed by atoms with Crippen molar-refractivity contribution < 1.29 is 8.78 Å². The van der Waals surface area contributed by atoms with Crippen molar-refractivity contribution in [1.82, 2.24) is 19.8 Å². The van der Waals surface area contributed by atoms with Crippen LogP contribution in [0.1, 0.15) is 11.4 Å². The van der Waals surface area contributed by atoms with E-state index in [1.165, 1.54) is 17.7 Å². The highest BCUT2D eigenvalue weighted by Crippen LogP contribution is 2.22. The fourth-order valence-electron chi connectivity index (χ4n) is 4.00. The first-order valence-electron chi connectivity index (χ1n) is 10.8. The maximum absolute atomic E-state index is 14.1. The molecule has 1 saturated heterocycles. The molecule has 32 heavy (non-hydrogen) atoms. The third-order valence-corrected chi connectivity index (χ3v) is 5.67. The Bertz CT molecular complexity index is 1040. The Labute approximate surface area is 187 Å². The number of nitrogens with one attached hydrogen (secondary N) is 1. The van der Waals surface area contributed by atoms with E-state index in [0.717, 1.165) is 30.8 Å². The lowest BCUT2D eigenvalue weighted by Gasteiger charge is -2.37. The molecule has 1 aromatic heterocycles. The molecule has 0 atom stereocenters. The Morgan fingerprint density at radius 3 is 2.59 bits per heavy atom. The number of anilines is 1. The van der Waals surface area contributed by atoms with E-state index in [1.807, 2.05) is 35.5 Å². The first kappa shape index (κ1) is 21.8. The van der Waals surface area contributed by atoms with Crippen LogP contribution in [0.25, 0.3) is 0 Å². The summed E-state index contributed by atoms with van der Waals surface area (Å²) in [6, 6.07) is 13.9. The molecule has 3 aromatic rings. The Kier molecular flexibility index (Phi) is 6.99. The monoisotopic (exact) mass is 438 g/mol. The van der Waals surface area contributed by atoms with Gasteiger partial charge >= 0.3 is 0 Å². The predicted octanol–water partition coefficient (Wildman–Crippen LogP) is 3.15. The molecule has 1 aliphatic rings. The molecule has 2 aromatic carbocycles. The quantitative estimate of drug-likeness (QED) is 0.475. The van der Waals surface area contributed by atoms with Crippen LogP contribution in [0.4, 0.5) is 14.5 Å². The maximum atomic E-state index is 14.1. The smallest absolute Gasteiger partial charge is 0.193 e. The van der Waals surface area contributed by atoms with Crippen LogP contribution in [0.15, 0.2) is 65.9 Å². The molecule has 4 rings (SSSR count). The van der Waals surface area contributed by atoms with Gasteiger partial charge in [0.2, 0.25) is 0 Å². The second kappa shape index (κ2) is 10.3. The number of rotatable bonds is 6. The highest BCUT2D eigenvalue weighted by molar-refractivity contribution is 5.80. The number of piperazine rings is 1. The number of guanidine groups is 1. The molecule has 2 heterocycles. The van der Waals surface area contributed by atoms with E-state index >= 15 is 0 Å². The van der Waals surface area contributed by atoms with Gasteiger partial charge in [0.05, 0.1) is 5.69 Å². The van der Waals surface area contributed by atoms with Gasteiger partial charge in [0, 0.05) is 71.2 Å². The number of benzene rings is 2.